The fourth-order valence-electron chi connectivity index (χ4n) is 4.38. The average Bonchev–Trinajstić information content (AvgIpc) is 3.08. The average molecular weight is 592 g/mol. The minimum Gasteiger partial charge on any atom is -0.458 e. The van der Waals surface area contributed by atoms with Gasteiger partial charge in [-0.15, -0.1) is 0 Å². The van der Waals surface area contributed by atoms with Crippen LogP contribution in [0.1, 0.15) is 69.8 Å². The van der Waals surface area contributed by atoms with E-state index in [1.165, 1.54) is 28.6 Å². The predicted molar refractivity (Wildman–Crippen MR) is 153 cm³/mol. The van der Waals surface area contributed by atoms with E-state index in [1.807, 2.05) is 13.8 Å². The normalized spacial score (nSPS) is 17.2. The van der Waals surface area contributed by atoms with Gasteiger partial charge in [-0.3, -0.25) is 9.59 Å². The standard InChI is InChI=1S/C29H38ClN3O6S/c1-19(2)25(28(36)39-29(3,4)5)32-26(34)21-10-8-9-20(17-21)18-33(24-11-6-7-16-31-27(24)35)40(37,38)23-14-12-22(30)13-15-23/h8-10,12-15,17,19,24-25H,6-7,11,16,18H2,1-5H3,(H,31,35)(H,32,34)/t24-,25?/m1/s1. The van der Waals surface area contributed by atoms with E-state index >= 15 is 0 Å². The third-order valence-electron chi connectivity index (χ3n) is 6.42. The molecular formula is C29H38ClN3O6S. The lowest BCUT2D eigenvalue weighted by molar-refractivity contribution is -0.158. The summed E-state index contributed by atoms with van der Waals surface area (Å²) in [7, 11) is -4.10. The lowest BCUT2D eigenvalue weighted by Gasteiger charge is -2.29. The van der Waals surface area contributed by atoms with Crippen LogP contribution in [0.3, 0.4) is 0 Å². The summed E-state index contributed by atoms with van der Waals surface area (Å²) in [6.45, 7) is 9.23. The molecular weight excluding hydrogens is 554 g/mol. The van der Waals surface area contributed by atoms with E-state index in [-0.39, 0.29) is 28.8 Å². The first kappa shape index (κ1) is 31.6. The Morgan fingerprint density at radius 3 is 2.42 bits per heavy atom. The Bertz CT molecular complexity index is 1320. The highest BCUT2D eigenvalue weighted by Gasteiger charge is 2.37. The topological polar surface area (TPSA) is 122 Å². The van der Waals surface area contributed by atoms with Crippen molar-refractivity contribution in [2.24, 2.45) is 5.92 Å². The summed E-state index contributed by atoms with van der Waals surface area (Å²) in [6.07, 6.45) is 1.80. The molecule has 9 nitrogen and oxygen atoms in total. The second-order valence-electron chi connectivity index (χ2n) is 11.2. The molecule has 40 heavy (non-hydrogen) atoms. The van der Waals surface area contributed by atoms with Gasteiger partial charge >= 0.3 is 5.97 Å². The smallest absolute Gasteiger partial charge is 0.329 e. The first-order chi connectivity index (χ1) is 18.7. The van der Waals surface area contributed by atoms with Crippen molar-refractivity contribution >= 4 is 39.4 Å². The van der Waals surface area contributed by atoms with Gasteiger partial charge in [0.2, 0.25) is 15.9 Å². The van der Waals surface area contributed by atoms with Gasteiger partial charge < -0.3 is 15.4 Å². The Morgan fingerprint density at radius 1 is 1.12 bits per heavy atom. The lowest BCUT2D eigenvalue weighted by Crippen LogP contribution is -2.48. The van der Waals surface area contributed by atoms with Crippen molar-refractivity contribution in [3.8, 4) is 0 Å². The van der Waals surface area contributed by atoms with Crippen LogP contribution in [-0.2, 0) is 30.9 Å². The number of benzene rings is 2. The van der Waals surface area contributed by atoms with E-state index in [4.69, 9.17) is 16.3 Å². The number of hydrogen-bond donors (Lipinski definition) is 2. The largest absolute Gasteiger partial charge is 0.458 e. The number of carbonyl (C=O) groups excluding carboxylic acids is 3. The zero-order valence-corrected chi connectivity index (χ0v) is 25.1. The molecule has 2 atom stereocenters. The number of sulfonamides is 1. The molecule has 218 valence electrons. The molecule has 3 rings (SSSR count). The lowest BCUT2D eigenvalue weighted by atomic mass is 10.0. The van der Waals surface area contributed by atoms with E-state index in [9.17, 15) is 22.8 Å². The van der Waals surface area contributed by atoms with Gasteiger partial charge in [0, 0.05) is 23.7 Å². The number of rotatable bonds is 9. The van der Waals surface area contributed by atoms with Crippen LogP contribution in [0.25, 0.3) is 0 Å². The monoisotopic (exact) mass is 591 g/mol. The maximum atomic E-state index is 13.8. The van der Waals surface area contributed by atoms with Crippen LogP contribution < -0.4 is 10.6 Å². The summed E-state index contributed by atoms with van der Waals surface area (Å²) in [5, 5.41) is 5.95. The van der Waals surface area contributed by atoms with Gasteiger partial charge in [-0.05, 0) is 87.9 Å². The van der Waals surface area contributed by atoms with E-state index in [2.05, 4.69) is 10.6 Å². The third-order valence-corrected chi connectivity index (χ3v) is 8.54. The second kappa shape index (κ2) is 13.1. The van der Waals surface area contributed by atoms with Crippen LogP contribution in [0.5, 0.6) is 0 Å². The summed E-state index contributed by atoms with van der Waals surface area (Å²) in [5.74, 6) is -1.62. The Kier molecular flexibility index (Phi) is 10.4. The summed E-state index contributed by atoms with van der Waals surface area (Å²) in [5.41, 5.74) is 0.0551. The van der Waals surface area contributed by atoms with Crippen molar-refractivity contribution in [1.29, 1.82) is 0 Å². The van der Waals surface area contributed by atoms with Gasteiger partial charge in [-0.1, -0.05) is 37.6 Å². The van der Waals surface area contributed by atoms with Crippen LogP contribution in [0, 0.1) is 5.92 Å². The van der Waals surface area contributed by atoms with Crippen molar-refractivity contribution in [2.75, 3.05) is 6.54 Å². The fraction of sp³-hybridized carbons (Fsp3) is 0.483. The molecule has 1 aliphatic heterocycles. The second-order valence-corrected chi connectivity index (χ2v) is 13.6. The first-order valence-electron chi connectivity index (χ1n) is 13.4. The van der Waals surface area contributed by atoms with Crippen molar-refractivity contribution < 1.29 is 27.5 Å². The maximum Gasteiger partial charge on any atom is 0.329 e. The zero-order chi connectivity index (χ0) is 29.7. The number of ether oxygens (including phenoxy) is 1. The van der Waals surface area contributed by atoms with Gasteiger partial charge in [0.05, 0.1) is 4.90 Å². The molecule has 0 aliphatic carbocycles. The molecule has 0 aromatic heterocycles. The maximum absolute atomic E-state index is 13.8. The number of esters is 1. The summed E-state index contributed by atoms with van der Waals surface area (Å²) in [6, 6.07) is 10.5. The fourth-order valence-corrected chi connectivity index (χ4v) is 6.11. The summed E-state index contributed by atoms with van der Waals surface area (Å²) < 4.78 is 34.3. The number of nitrogens with one attached hydrogen (secondary N) is 2. The number of carbonyl (C=O) groups is 3. The number of halogens is 1. The highest BCUT2D eigenvalue weighted by molar-refractivity contribution is 7.89. The van der Waals surface area contributed by atoms with Crippen LogP contribution >= 0.6 is 11.6 Å². The number of nitrogens with zero attached hydrogens (tertiary/aromatic N) is 1. The van der Waals surface area contributed by atoms with Gasteiger partial charge in [0.15, 0.2) is 0 Å². The molecule has 1 unspecified atom stereocenters. The predicted octanol–water partition coefficient (Wildman–Crippen LogP) is 4.30. The Morgan fingerprint density at radius 2 is 1.80 bits per heavy atom. The van der Waals surface area contributed by atoms with Crippen LogP contribution in [0.15, 0.2) is 53.4 Å². The van der Waals surface area contributed by atoms with Gasteiger partial charge in [0.25, 0.3) is 5.91 Å². The molecule has 2 aromatic carbocycles. The molecule has 2 aromatic rings. The number of amides is 2. The van der Waals surface area contributed by atoms with Crippen LogP contribution in [0.2, 0.25) is 5.02 Å². The molecule has 0 spiro atoms. The van der Waals surface area contributed by atoms with Crippen molar-refractivity contribution in [3.05, 3.63) is 64.7 Å². The molecule has 0 radical (unpaired) electrons. The van der Waals surface area contributed by atoms with Gasteiger partial charge in [-0.2, -0.15) is 4.31 Å². The van der Waals surface area contributed by atoms with Gasteiger partial charge in [-0.25, -0.2) is 13.2 Å². The van der Waals surface area contributed by atoms with Crippen LogP contribution in [-0.4, -0.2) is 54.7 Å². The molecule has 2 N–H and O–H groups in total. The van der Waals surface area contributed by atoms with E-state index in [0.29, 0.717) is 30.0 Å². The van der Waals surface area contributed by atoms with Crippen LogP contribution in [0.4, 0.5) is 0 Å². The van der Waals surface area contributed by atoms with E-state index < -0.39 is 39.6 Å². The van der Waals surface area contributed by atoms with Crippen molar-refractivity contribution in [2.45, 2.75) is 83.0 Å². The van der Waals surface area contributed by atoms with E-state index in [1.54, 1.807) is 45.0 Å². The summed E-state index contributed by atoms with van der Waals surface area (Å²) >= 11 is 5.98. The van der Waals surface area contributed by atoms with E-state index in [0.717, 1.165) is 6.42 Å². The SMILES string of the molecule is CC(C)C(NC(=O)c1cccc(CN([C@@H]2CCCCNC2=O)S(=O)(=O)c2ccc(Cl)cc2)c1)C(=O)OC(C)(C)C. The van der Waals surface area contributed by atoms with Gasteiger partial charge in [0.1, 0.15) is 17.7 Å². The number of hydrogen-bond acceptors (Lipinski definition) is 6. The Balaban J connectivity index is 1.92. The third kappa shape index (κ3) is 8.28. The molecule has 1 heterocycles. The van der Waals surface area contributed by atoms with Crippen molar-refractivity contribution in [3.63, 3.8) is 0 Å². The molecule has 0 saturated carbocycles. The zero-order valence-electron chi connectivity index (χ0n) is 23.6. The first-order valence-corrected chi connectivity index (χ1v) is 15.2. The molecule has 2 amide bonds. The highest BCUT2D eigenvalue weighted by Crippen LogP contribution is 2.26. The minimum absolute atomic E-state index is 0.0139. The quantitative estimate of drug-likeness (QED) is 0.419. The Labute approximate surface area is 241 Å². The molecule has 0 bridgehead atoms. The minimum atomic E-state index is -4.10. The molecule has 1 aliphatic rings. The molecule has 1 fully saturated rings. The highest BCUT2D eigenvalue weighted by atomic mass is 35.5. The van der Waals surface area contributed by atoms with Crippen molar-refractivity contribution in [1.82, 2.24) is 14.9 Å². The molecule has 11 heteroatoms. The Hall–Kier alpha value is -2.95. The summed E-state index contributed by atoms with van der Waals surface area (Å²) in [4.78, 5) is 38.9. The molecule has 1 saturated heterocycles.